The molecule has 0 aliphatic heterocycles. The summed E-state index contributed by atoms with van der Waals surface area (Å²) in [5.41, 5.74) is 8.37. The number of thiocarbonyl (C=S) groups is 1. The number of hydrazone groups is 1. The third-order valence-corrected chi connectivity index (χ3v) is 3.15. The van der Waals surface area contributed by atoms with Crippen LogP contribution in [0.4, 0.5) is 5.69 Å². The lowest BCUT2D eigenvalue weighted by Gasteiger charge is -2.18. The van der Waals surface area contributed by atoms with Gasteiger partial charge in [0.05, 0.1) is 11.4 Å². The number of nitrogens with two attached hydrogens (primary N) is 1. The van der Waals surface area contributed by atoms with Gasteiger partial charge in [-0.3, -0.25) is 0 Å². The van der Waals surface area contributed by atoms with E-state index in [1.54, 1.807) is 12.1 Å². The third-order valence-electron chi connectivity index (χ3n) is 2.72. The Hall–Kier alpha value is -1.91. The molecule has 0 aliphatic carbocycles. The molecule has 2 aromatic rings. The van der Waals surface area contributed by atoms with Gasteiger partial charge in [-0.15, -0.1) is 0 Å². The van der Waals surface area contributed by atoms with Gasteiger partial charge < -0.3 is 5.73 Å². The first kappa shape index (κ1) is 14.5. The average molecular weight is 304 g/mol. The zero-order valence-electron chi connectivity index (χ0n) is 11.0. The van der Waals surface area contributed by atoms with E-state index < -0.39 is 0 Å². The van der Waals surface area contributed by atoms with Crippen LogP contribution in [0, 0.1) is 0 Å². The maximum absolute atomic E-state index is 5.88. The van der Waals surface area contributed by atoms with Crippen LogP contribution in [0.3, 0.4) is 0 Å². The summed E-state index contributed by atoms with van der Waals surface area (Å²) < 4.78 is 0. The summed E-state index contributed by atoms with van der Waals surface area (Å²) in [5.74, 6) is 0. The Morgan fingerprint density at radius 2 is 1.70 bits per heavy atom. The van der Waals surface area contributed by atoms with Gasteiger partial charge in [0.2, 0.25) is 0 Å². The van der Waals surface area contributed by atoms with Gasteiger partial charge in [-0.25, -0.2) is 5.01 Å². The fourth-order valence-corrected chi connectivity index (χ4v) is 1.98. The highest BCUT2D eigenvalue weighted by Crippen LogP contribution is 2.19. The van der Waals surface area contributed by atoms with Crippen molar-refractivity contribution in [1.82, 2.24) is 0 Å². The van der Waals surface area contributed by atoms with Crippen molar-refractivity contribution in [3.63, 3.8) is 0 Å². The molecule has 0 saturated carbocycles. The molecule has 0 spiro atoms. The van der Waals surface area contributed by atoms with Gasteiger partial charge in [-0.2, -0.15) is 5.10 Å². The molecule has 2 rings (SSSR count). The summed E-state index contributed by atoms with van der Waals surface area (Å²) in [4.78, 5) is 0. The van der Waals surface area contributed by atoms with Gasteiger partial charge in [0.15, 0.2) is 5.11 Å². The molecule has 0 bridgehead atoms. The fraction of sp³-hybridized carbons (Fsp3) is 0.0667. The summed E-state index contributed by atoms with van der Waals surface area (Å²) in [6.07, 6.45) is 0. The van der Waals surface area contributed by atoms with E-state index >= 15 is 0 Å². The maximum atomic E-state index is 5.88. The number of halogens is 1. The number of rotatable bonds is 3. The molecule has 0 radical (unpaired) electrons. The third kappa shape index (κ3) is 3.56. The zero-order valence-corrected chi connectivity index (χ0v) is 12.5. The second kappa shape index (κ2) is 6.50. The van der Waals surface area contributed by atoms with E-state index in [2.05, 4.69) is 5.10 Å². The average Bonchev–Trinajstić information content (AvgIpc) is 2.46. The summed E-state index contributed by atoms with van der Waals surface area (Å²) >= 11 is 10.9. The SMILES string of the molecule is CC(=NN(C(N)=S)c1ccc(Cl)cc1)c1ccccc1. The van der Waals surface area contributed by atoms with Crippen LogP contribution in [-0.2, 0) is 0 Å². The molecule has 3 nitrogen and oxygen atoms in total. The molecule has 0 heterocycles. The van der Waals surface area contributed by atoms with Crippen LogP contribution in [0.1, 0.15) is 12.5 Å². The van der Waals surface area contributed by atoms with Crippen LogP contribution >= 0.6 is 23.8 Å². The lowest BCUT2D eigenvalue weighted by Crippen LogP contribution is -2.31. The van der Waals surface area contributed by atoms with Crippen molar-refractivity contribution >= 4 is 40.3 Å². The lowest BCUT2D eigenvalue weighted by atomic mass is 10.1. The van der Waals surface area contributed by atoms with E-state index in [-0.39, 0.29) is 5.11 Å². The van der Waals surface area contributed by atoms with Gasteiger partial charge in [0.25, 0.3) is 0 Å². The second-order valence-corrected chi connectivity index (χ2v) is 5.03. The summed E-state index contributed by atoms with van der Waals surface area (Å²) in [7, 11) is 0. The summed E-state index contributed by atoms with van der Waals surface area (Å²) in [6.45, 7) is 1.91. The number of nitrogens with zero attached hydrogens (tertiary/aromatic N) is 2. The van der Waals surface area contributed by atoms with Crippen LogP contribution < -0.4 is 10.7 Å². The predicted molar refractivity (Wildman–Crippen MR) is 89.4 cm³/mol. The highest BCUT2D eigenvalue weighted by molar-refractivity contribution is 7.80. The normalized spacial score (nSPS) is 11.2. The minimum Gasteiger partial charge on any atom is -0.374 e. The van der Waals surface area contributed by atoms with E-state index in [0.717, 1.165) is 17.0 Å². The van der Waals surface area contributed by atoms with E-state index in [1.165, 1.54) is 5.01 Å². The second-order valence-electron chi connectivity index (χ2n) is 4.18. The highest BCUT2D eigenvalue weighted by atomic mass is 35.5. The molecule has 0 atom stereocenters. The Balaban J connectivity index is 2.35. The highest BCUT2D eigenvalue weighted by Gasteiger charge is 2.09. The molecular formula is C15H14ClN3S. The summed E-state index contributed by atoms with van der Waals surface area (Å²) in [6, 6.07) is 17.0. The largest absolute Gasteiger partial charge is 0.374 e. The monoisotopic (exact) mass is 303 g/mol. The molecule has 0 aromatic heterocycles. The maximum Gasteiger partial charge on any atom is 0.191 e. The van der Waals surface area contributed by atoms with Gasteiger partial charge in [0.1, 0.15) is 0 Å². The van der Waals surface area contributed by atoms with Crippen molar-refractivity contribution in [2.24, 2.45) is 10.8 Å². The van der Waals surface area contributed by atoms with E-state index in [9.17, 15) is 0 Å². The summed E-state index contributed by atoms with van der Waals surface area (Å²) in [5, 5.41) is 6.84. The molecule has 20 heavy (non-hydrogen) atoms. The number of anilines is 1. The predicted octanol–water partition coefficient (Wildman–Crippen LogP) is 3.81. The van der Waals surface area contributed by atoms with Crippen molar-refractivity contribution in [3.05, 3.63) is 65.2 Å². The van der Waals surface area contributed by atoms with E-state index in [4.69, 9.17) is 29.6 Å². The number of benzene rings is 2. The van der Waals surface area contributed by atoms with Crippen LogP contribution in [0.2, 0.25) is 5.02 Å². The smallest absolute Gasteiger partial charge is 0.191 e. The van der Waals surface area contributed by atoms with Gasteiger partial charge in [-0.05, 0) is 49.0 Å². The molecule has 0 saturated heterocycles. The standard InChI is InChI=1S/C15H14ClN3S/c1-11(12-5-3-2-4-6-12)18-19(15(17)20)14-9-7-13(16)8-10-14/h2-10H,1H3,(H2,17,20). The van der Waals surface area contributed by atoms with Crippen molar-refractivity contribution in [3.8, 4) is 0 Å². The first-order valence-corrected chi connectivity index (χ1v) is 6.82. The number of hydrogen-bond acceptors (Lipinski definition) is 2. The van der Waals surface area contributed by atoms with Crippen LogP contribution in [0.5, 0.6) is 0 Å². The van der Waals surface area contributed by atoms with Crippen LogP contribution in [0.15, 0.2) is 59.7 Å². The minimum atomic E-state index is 0.183. The molecule has 0 fully saturated rings. The van der Waals surface area contributed by atoms with E-state index in [0.29, 0.717) is 5.02 Å². The molecule has 102 valence electrons. The topological polar surface area (TPSA) is 41.6 Å². The lowest BCUT2D eigenvalue weighted by molar-refractivity contribution is 1.12. The van der Waals surface area contributed by atoms with Crippen molar-refractivity contribution < 1.29 is 0 Å². The Morgan fingerprint density at radius 3 is 2.25 bits per heavy atom. The Bertz CT molecular complexity index is 623. The molecular weight excluding hydrogens is 290 g/mol. The zero-order chi connectivity index (χ0) is 14.5. The van der Waals surface area contributed by atoms with Gasteiger partial charge >= 0.3 is 0 Å². The molecule has 0 amide bonds. The molecule has 5 heteroatoms. The molecule has 0 aliphatic rings. The van der Waals surface area contributed by atoms with E-state index in [1.807, 2.05) is 49.4 Å². The fourth-order valence-electron chi connectivity index (χ4n) is 1.70. The Morgan fingerprint density at radius 1 is 1.10 bits per heavy atom. The molecule has 2 aromatic carbocycles. The Kier molecular flexibility index (Phi) is 4.71. The van der Waals surface area contributed by atoms with Crippen LogP contribution in [0.25, 0.3) is 0 Å². The van der Waals surface area contributed by atoms with Crippen molar-refractivity contribution in [1.29, 1.82) is 0 Å². The van der Waals surface area contributed by atoms with Gasteiger partial charge in [0, 0.05) is 5.02 Å². The minimum absolute atomic E-state index is 0.183. The quantitative estimate of drug-likeness (QED) is 0.532. The van der Waals surface area contributed by atoms with Crippen molar-refractivity contribution in [2.45, 2.75) is 6.92 Å². The first-order chi connectivity index (χ1) is 9.58. The number of hydrogen-bond donors (Lipinski definition) is 1. The molecule has 2 N–H and O–H groups in total. The molecule has 0 unspecified atom stereocenters. The Labute approximate surface area is 128 Å². The van der Waals surface area contributed by atoms with Crippen LogP contribution in [-0.4, -0.2) is 10.8 Å². The van der Waals surface area contributed by atoms with Gasteiger partial charge in [-0.1, -0.05) is 41.9 Å². The first-order valence-electron chi connectivity index (χ1n) is 6.03. The van der Waals surface area contributed by atoms with Crippen molar-refractivity contribution in [2.75, 3.05) is 5.01 Å².